The number of aromatic nitrogens is 1. The molecule has 0 amide bonds. The van der Waals surface area contributed by atoms with Crippen LogP contribution in [0.5, 0.6) is 0 Å². The van der Waals surface area contributed by atoms with Gasteiger partial charge in [0.1, 0.15) is 11.6 Å². The maximum Gasteiger partial charge on any atom is 0.126 e. The number of nitrogens with one attached hydrogen (secondary N) is 1. The van der Waals surface area contributed by atoms with E-state index in [1.165, 1.54) is 12.1 Å². The van der Waals surface area contributed by atoms with Gasteiger partial charge in [0.25, 0.3) is 0 Å². The second-order valence-corrected chi connectivity index (χ2v) is 5.11. The molecule has 0 radical (unpaired) electrons. The summed E-state index contributed by atoms with van der Waals surface area (Å²) in [5, 5.41) is 3.23. The molecule has 1 aromatic carbocycles. The highest BCUT2D eigenvalue weighted by atomic mass is 32.1. The molecule has 0 saturated heterocycles. The van der Waals surface area contributed by atoms with Crippen molar-refractivity contribution in [2.24, 2.45) is 0 Å². The molecule has 1 heterocycles. The topological polar surface area (TPSA) is 24.9 Å². The molecule has 0 fully saturated rings. The van der Waals surface area contributed by atoms with Crippen LogP contribution in [0.2, 0.25) is 0 Å². The number of aryl methyl sites for hydroxylation is 1. The lowest BCUT2D eigenvalue weighted by Gasteiger charge is -2.14. The van der Waals surface area contributed by atoms with Crippen LogP contribution in [-0.4, -0.2) is 4.98 Å². The van der Waals surface area contributed by atoms with Crippen LogP contribution in [0.4, 0.5) is 8.78 Å². The minimum Gasteiger partial charge on any atom is -0.305 e. The van der Waals surface area contributed by atoms with E-state index < -0.39 is 11.6 Å². The van der Waals surface area contributed by atoms with Crippen LogP contribution < -0.4 is 5.32 Å². The zero-order chi connectivity index (χ0) is 13.1. The summed E-state index contributed by atoms with van der Waals surface area (Å²) in [5.74, 6) is -1.10. The molecule has 0 aliphatic carbocycles. The van der Waals surface area contributed by atoms with Gasteiger partial charge in [0.15, 0.2) is 0 Å². The Morgan fingerprint density at radius 1 is 1.28 bits per heavy atom. The Morgan fingerprint density at radius 2 is 1.94 bits per heavy atom. The van der Waals surface area contributed by atoms with E-state index in [1.807, 2.05) is 13.8 Å². The van der Waals surface area contributed by atoms with Crippen molar-refractivity contribution in [3.63, 3.8) is 0 Å². The molecule has 2 nitrogen and oxygen atoms in total. The first-order chi connectivity index (χ1) is 8.56. The van der Waals surface area contributed by atoms with Crippen molar-refractivity contribution in [2.45, 2.75) is 26.4 Å². The number of benzene rings is 1. The van der Waals surface area contributed by atoms with E-state index in [-0.39, 0.29) is 6.04 Å². The Balaban J connectivity index is 2.03. The van der Waals surface area contributed by atoms with E-state index in [0.717, 1.165) is 16.6 Å². The maximum atomic E-state index is 13.1. The van der Waals surface area contributed by atoms with Crippen LogP contribution in [-0.2, 0) is 6.54 Å². The molecule has 5 heteroatoms. The summed E-state index contributed by atoms with van der Waals surface area (Å²) in [6.07, 6.45) is 0. The Labute approximate surface area is 109 Å². The largest absolute Gasteiger partial charge is 0.305 e. The standard InChI is InChI=1S/C13H14F2N2S/c1-8(10-3-11(14)5-12(15)4-10)16-6-13-9(2)17-7-18-13/h3-5,7-8,16H,6H2,1-2H3. The summed E-state index contributed by atoms with van der Waals surface area (Å²) in [5.41, 5.74) is 3.39. The lowest BCUT2D eigenvalue weighted by atomic mass is 10.1. The van der Waals surface area contributed by atoms with Gasteiger partial charge in [-0.25, -0.2) is 13.8 Å². The van der Waals surface area contributed by atoms with Gasteiger partial charge in [-0.05, 0) is 31.5 Å². The third-order valence-electron chi connectivity index (χ3n) is 2.80. The third kappa shape index (κ3) is 3.11. The fourth-order valence-electron chi connectivity index (χ4n) is 1.68. The fourth-order valence-corrected chi connectivity index (χ4v) is 2.41. The first-order valence-corrected chi connectivity index (χ1v) is 6.52. The molecule has 1 aromatic heterocycles. The minimum absolute atomic E-state index is 0.114. The van der Waals surface area contributed by atoms with Crippen LogP contribution in [0.1, 0.15) is 29.1 Å². The van der Waals surface area contributed by atoms with Crippen LogP contribution in [0, 0.1) is 18.6 Å². The van der Waals surface area contributed by atoms with E-state index in [4.69, 9.17) is 0 Å². The normalized spacial score (nSPS) is 12.7. The zero-order valence-electron chi connectivity index (χ0n) is 10.2. The Bertz CT molecular complexity index is 519. The predicted octanol–water partition coefficient (Wildman–Crippen LogP) is 3.58. The SMILES string of the molecule is Cc1ncsc1CNC(C)c1cc(F)cc(F)c1. The van der Waals surface area contributed by atoms with Crippen LogP contribution >= 0.6 is 11.3 Å². The summed E-state index contributed by atoms with van der Waals surface area (Å²) >= 11 is 1.57. The molecule has 1 N–H and O–H groups in total. The molecular formula is C13H14F2N2S. The van der Waals surface area contributed by atoms with E-state index in [2.05, 4.69) is 10.3 Å². The predicted molar refractivity (Wildman–Crippen MR) is 68.5 cm³/mol. The smallest absolute Gasteiger partial charge is 0.126 e. The van der Waals surface area contributed by atoms with Crippen molar-refractivity contribution in [1.29, 1.82) is 0 Å². The molecule has 2 rings (SSSR count). The summed E-state index contributed by atoms with van der Waals surface area (Å²) in [7, 11) is 0. The van der Waals surface area contributed by atoms with Crippen molar-refractivity contribution in [2.75, 3.05) is 0 Å². The van der Waals surface area contributed by atoms with Crippen molar-refractivity contribution >= 4 is 11.3 Å². The molecule has 0 aliphatic heterocycles. The number of thiazole rings is 1. The second kappa shape index (κ2) is 5.54. The Morgan fingerprint density at radius 3 is 2.50 bits per heavy atom. The molecule has 2 aromatic rings. The molecule has 18 heavy (non-hydrogen) atoms. The lowest BCUT2D eigenvalue weighted by Crippen LogP contribution is -2.18. The van der Waals surface area contributed by atoms with Gasteiger partial charge in [-0.15, -0.1) is 11.3 Å². The average molecular weight is 268 g/mol. The highest BCUT2D eigenvalue weighted by molar-refractivity contribution is 7.09. The molecule has 96 valence electrons. The van der Waals surface area contributed by atoms with E-state index in [9.17, 15) is 8.78 Å². The van der Waals surface area contributed by atoms with Gasteiger partial charge in [-0.2, -0.15) is 0 Å². The number of rotatable bonds is 4. The van der Waals surface area contributed by atoms with Crippen molar-refractivity contribution in [3.8, 4) is 0 Å². The Kier molecular flexibility index (Phi) is 4.04. The van der Waals surface area contributed by atoms with E-state index in [1.54, 1.807) is 16.8 Å². The summed E-state index contributed by atoms with van der Waals surface area (Å²) in [6.45, 7) is 4.47. The van der Waals surface area contributed by atoms with Gasteiger partial charge in [-0.1, -0.05) is 0 Å². The Hall–Kier alpha value is -1.33. The van der Waals surface area contributed by atoms with Gasteiger partial charge < -0.3 is 5.32 Å². The van der Waals surface area contributed by atoms with Crippen molar-refractivity contribution in [1.82, 2.24) is 10.3 Å². The van der Waals surface area contributed by atoms with Gasteiger partial charge in [0, 0.05) is 23.5 Å². The van der Waals surface area contributed by atoms with Crippen LogP contribution in [0.3, 0.4) is 0 Å². The number of nitrogens with zero attached hydrogens (tertiary/aromatic N) is 1. The maximum absolute atomic E-state index is 13.1. The second-order valence-electron chi connectivity index (χ2n) is 4.17. The van der Waals surface area contributed by atoms with Crippen LogP contribution in [0.25, 0.3) is 0 Å². The number of hydrogen-bond acceptors (Lipinski definition) is 3. The number of hydrogen-bond donors (Lipinski definition) is 1. The summed E-state index contributed by atoms with van der Waals surface area (Å²) in [6, 6.07) is 3.46. The molecule has 1 unspecified atom stereocenters. The van der Waals surface area contributed by atoms with Gasteiger partial charge >= 0.3 is 0 Å². The highest BCUT2D eigenvalue weighted by Gasteiger charge is 2.09. The highest BCUT2D eigenvalue weighted by Crippen LogP contribution is 2.18. The molecular weight excluding hydrogens is 254 g/mol. The van der Waals surface area contributed by atoms with Gasteiger partial charge in [0.05, 0.1) is 11.2 Å². The molecule has 1 atom stereocenters. The average Bonchev–Trinajstić information content (AvgIpc) is 2.70. The lowest BCUT2D eigenvalue weighted by molar-refractivity contribution is 0.546. The quantitative estimate of drug-likeness (QED) is 0.916. The van der Waals surface area contributed by atoms with Gasteiger partial charge in [-0.3, -0.25) is 0 Å². The fraction of sp³-hybridized carbons (Fsp3) is 0.308. The monoisotopic (exact) mass is 268 g/mol. The molecule has 0 saturated carbocycles. The third-order valence-corrected chi connectivity index (χ3v) is 3.73. The molecule has 0 bridgehead atoms. The first kappa shape index (κ1) is 13.1. The van der Waals surface area contributed by atoms with Gasteiger partial charge in [0.2, 0.25) is 0 Å². The van der Waals surface area contributed by atoms with Crippen molar-refractivity contribution in [3.05, 3.63) is 51.5 Å². The van der Waals surface area contributed by atoms with E-state index in [0.29, 0.717) is 12.1 Å². The summed E-state index contributed by atoms with van der Waals surface area (Å²) in [4.78, 5) is 5.29. The molecule has 0 spiro atoms. The summed E-state index contributed by atoms with van der Waals surface area (Å²) < 4.78 is 26.2. The van der Waals surface area contributed by atoms with E-state index >= 15 is 0 Å². The van der Waals surface area contributed by atoms with Crippen LogP contribution in [0.15, 0.2) is 23.7 Å². The first-order valence-electron chi connectivity index (χ1n) is 5.64. The van der Waals surface area contributed by atoms with Crippen molar-refractivity contribution < 1.29 is 8.78 Å². The number of halogens is 2. The zero-order valence-corrected chi connectivity index (χ0v) is 11.0. The minimum atomic E-state index is -0.548. The molecule has 0 aliphatic rings.